The molecule has 0 amide bonds. The maximum Gasteiger partial charge on any atom is 0.497 e. The maximum absolute atomic E-state index is 14.6. The van der Waals surface area contributed by atoms with Crippen LogP contribution in [0.25, 0.3) is 0 Å². The molecular formula is C18H21BFNO4S. The minimum Gasteiger partial charge on any atom is -0.399 e. The van der Waals surface area contributed by atoms with Crippen molar-refractivity contribution in [2.45, 2.75) is 43.8 Å². The van der Waals surface area contributed by atoms with Gasteiger partial charge in [-0.25, -0.2) is 12.8 Å². The second-order valence-corrected chi connectivity index (χ2v) is 8.93. The van der Waals surface area contributed by atoms with Crippen LogP contribution in [0.3, 0.4) is 0 Å². The lowest BCUT2D eigenvalue weighted by atomic mass is 9.79. The first-order valence-corrected chi connectivity index (χ1v) is 9.73. The van der Waals surface area contributed by atoms with E-state index in [4.69, 9.17) is 9.31 Å². The Morgan fingerprint density at radius 2 is 1.54 bits per heavy atom. The van der Waals surface area contributed by atoms with Crippen molar-refractivity contribution < 1.29 is 22.1 Å². The third-order valence-corrected chi connectivity index (χ3v) is 6.19. The van der Waals surface area contributed by atoms with Gasteiger partial charge in [0.1, 0.15) is 5.82 Å². The number of nitrogens with one attached hydrogen (secondary N) is 1. The van der Waals surface area contributed by atoms with Gasteiger partial charge in [0.2, 0.25) is 0 Å². The monoisotopic (exact) mass is 377 g/mol. The number of hydrogen-bond acceptors (Lipinski definition) is 4. The van der Waals surface area contributed by atoms with Gasteiger partial charge < -0.3 is 9.31 Å². The number of sulfonamides is 1. The Morgan fingerprint density at radius 1 is 0.962 bits per heavy atom. The molecule has 0 aliphatic carbocycles. The quantitative estimate of drug-likeness (QED) is 0.833. The summed E-state index contributed by atoms with van der Waals surface area (Å²) in [7, 11) is -4.78. The van der Waals surface area contributed by atoms with Crippen LogP contribution in [-0.2, 0) is 19.3 Å². The SMILES string of the molecule is CC1(C)OB(c2ccc(S(=O)(=O)Nc3ccccc3)cc2F)OC1(C)C. The van der Waals surface area contributed by atoms with E-state index in [1.54, 1.807) is 30.3 Å². The third-order valence-electron chi connectivity index (χ3n) is 4.82. The lowest BCUT2D eigenvalue weighted by Crippen LogP contribution is -2.41. The summed E-state index contributed by atoms with van der Waals surface area (Å²) in [5.74, 6) is -0.695. The molecule has 0 saturated carbocycles. The summed E-state index contributed by atoms with van der Waals surface area (Å²) >= 11 is 0. The number of benzene rings is 2. The van der Waals surface area contributed by atoms with Crippen molar-refractivity contribution in [3.63, 3.8) is 0 Å². The van der Waals surface area contributed by atoms with Crippen LogP contribution < -0.4 is 10.2 Å². The molecule has 5 nitrogen and oxygen atoms in total. The molecule has 0 unspecified atom stereocenters. The Bertz CT molecular complexity index is 900. The number of rotatable bonds is 4. The average molecular weight is 377 g/mol. The van der Waals surface area contributed by atoms with Crippen molar-refractivity contribution in [1.82, 2.24) is 0 Å². The fourth-order valence-corrected chi connectivity index (χ4v) is 3.63. The molecule has 1 aliphatic rings. The van der Waals surface area contributed by atoms with E-state index in [-0.39, 0.29) is 10.4 Å². The minimum atomic E-state index is -3.89. The van der Waals surface area contributed by atoms with Gasteiger partial charge in [0, 0.05) is 11.2 Å². The van der Waals surface area contributed by atoms with Crippen LogP contribution in [0, 0.1) is 5.82 Å². The molecule has 0 aromatic heterocycles. The van der Waals surface area contributed by atoms with Gasteiger partial charge in [0.15, 0.2) is 0 Å². The summed E-state index contributed by atoms with van der Waals surface area (Å²) in [6.45, 7) is 7.47. The number of hydrogen-bond donors (Lipinski definition) is 1. The van der Waals surface area contributed by atoms with E-state index >= 15 is 0 Å². The van der Waals surface area contributed by atoms with Crippen molar-refractivity contribution in [2.24, 2.45) is 0 Å². The largest absolute Gasteiger partial charge is 0.497 e. The van der Waals surface area contributed by atoms with Crippen LogP contribution in [-0.4, -0.2) is 26.7 Å². The van der Waals surface area contributed by atoms with Crippen molar-refractivity contribution >= 4 is 28.3 Å². The summed E-state index contributed by atoms with van der Waals surface area (Å²) in [4.78, 5) is -0.167. The highest BCUT2D eigenvalue weighted by atomic mass is 32.2. The molecule has 8 heteroatoms. The fraction of sp³-hybridized carbons (Fsp3) is 0.333. The molecule has 0 spiro atoms. The van der Waals surface area contributed by atoms with Crippen LogP contribution in [0.2, 0.25) is 0 Å². The molecule has 26 heavy (non-hydrogen) atoms. The zero-order valence-corrected chi connectivity index (χ0v) is 15.9. The van der Waals surface area contributed by atoms with Crippen molar-refractivity contribution in [3.05, 3.63) is 54.3 Å². The van der Waals surface area contributed by atoms with E-state index in [1.165, 1.54) is 12.1 Å². The highest BCUT2D eigenvalue weighted by Gasteiger charge is 2.52. The smallest absolute Gasteiger partial charge is 0.399 e. The molecule has 1 aliphatic heterocycles. The van der Waals surface area contributed by atoms with E-state index in [0.29, 0.717) is 5.69 Å². The highest BCUT2D eigenvalue weighted by Crippen LogP contribution is 2.36. The van der Waals surface area contributed by atoms with E-state index in [9.17, 15) is 12.8 Å². The van der Waals surface area contributed by atoms with Gasteiger partial charge in [-0.3, -0.25) is 4.72 Å². The van der Waals surface area contributed by atoms with Gasteiger partial charge >= 0.3 is 7.12 Å². The zero-order chi connectivity index (χ0) is 19.2. The first-order chi connectivity index (χ1) is 12.0. The third kappa shape index (κ3) is 3.49. The molecule has 138 valence electrons. The van der Waals surface area contributed by atoms with Crippen molar-refractivity contribution in [2.75, 3.05) is 4.72 Å². The van der Waals surface area contributed by atoms with E-state index in [1.807, 2.05) is 27.7 Å². The van der Waals surface area contributed by atoms with Crippen molar-refractivity contribution in [3.8, 4) is 0 Å². The number of para-hydroxylation sites is 1. The summed E-state index contributed by atoms with van der Waals surface area (Å²) < 4.78 is 53.6. The maximum atomic E-state index is 14.6. The van der Waals surface area contributed by atoms with Gasteiger partial charge in [-0.1, -0.05) is 24.3 Å². The fourth-order valence-electron chi connectivity index (χ4n) is 2.56. The molecule has 1 fully saturated rings. The van der Waals surface area contributed by atoms with Crippen molar-refractivity contribution in [1.29, 1.82) is 0 Å². The van der Waals surface area contributed by atoms with Gasteiger partial charge in [-0.2, -0.15) is 0 Å². The second kappa shape index (κ2) is 6.37. The van der Waals surface area contributed by atoms with E-state index < -0.39 is 34.2 Å². The standard InChI is InChI=1S/C18H21BFNO4S/c1-17(2)18(3,4)25-19(24-17)15-11-10-14(12-16(15)20)26(22,23)21-13-8-6-5-7-9-13/h5-12,21H,1-4H3. The lowest BCUT2D eigenvalue weighted by Gasteiger charge is -2.32. The lowest BCUT2D eigenvalue weighted by molar-refractivity contribution is 0.00578. The molecule has 1 heterocycles. The van der Waals surface area contributed by atoms with Crippen LogP contribution in [0.15, 0.2) is 53.4 Å². The predicted octanol–water partition coefficient (Wildman–Crippen LogP) is 2.93. The number of halogens is 1. The highest BCUT2D eigenvalue weighted by molar-refractivity contribution is 7.92. The Morgan fingerprint density at radius 3 is 2.08 bits per heavy atom. The summed E-state index contributed by atoms with van der Waals surface area (Å²) in [5.41, 5.74) is -0.641. The Labute approximate surface area is 153 Å². The van der Waals surface area contributed by atoms with Gasteiger partial charge in [0.05, 0.1) is 16.1 Å². The average Bonchev–Trinajstić information content (AvgIpc) is 2.75. The van der Waals surface area contributed by atoms with Gasteiger partial charge in [-0.15, -0.1) is 0 Å². The first-order valence-electron chi connectivity index (χ1n) is 8.25. The molecule has 0 atom stereocenters. The van der Waals surface area contributed by atoms with Crippen LogP contribution in [0.5, 0.6) is 0 Å². The topological polar surface area (TPSA) is 64.6 Å². The minimum absolute atomic E-state index is 0.167. The zero-order valence-electron chi connectivity index (χ0n) is 15.1. The van der Waals surface area contributed by atoms with Crippen LogP contribution in [0.1, 0.15) is 27.7 Å². The molecule has 3 rings (SSSR count). The summed E-state index contributed by atoms with van der Waals surface area (Å²) in [6, 6.07) is 12.1. The molecule has 2 aromatic carbocycles. The normalized spacial score (nSPS) is 18.7. The molecule has 1 saturated heterocycles. The molecular weight excluding hydrogens is 356 g/mol. The Hall–Kier alpha value is -1.90. The molecule has 1 N–H and O–H groups in total. The molecule has 2 aromatic rings. The predicted molar refractivity (Wildman–Crippen MR) is 99.4 cm³/mol. The van der Waals surface area contributed by atoms with E-state index in [2.05, 4.69) is 4.72 Å². The van der Waals surface area contributed by atoms with Gasteiger partial charge in [-0.05, 0) is 52.0 Å². The Balaban J connectivity index is 1.87. The summed E-state index contributed by atoms with van der Waals surface area (Å²) in [5, 5.41) is 0. The number of anilines is 1. The molecule has 0 radical (unpaired) electrons. The summed E-state index contributed by atoms with van der Waals surface area (Å²) in [6.07, 6.45) is 0. The van der Waals surface area contributed by atoms with Crippen LogP contribution >= 0.6 is 0 Å². The van der Waals surface area contributed by atoms with E-state index in [0.717, 1.165) is 6.07 Å². The second-order valence-electron chi connectivity index (χ2n) is 7.24. The molecule has 0 bridgehead atoms. The van der Waals surface area contributed by atoms with Crippen LogP contribution in [0.4, 0.5) is 10.1 Å². The van der Waals surface area contributed by atoms with Gasteiger partial charge in [0.25, 0.3) is 10.0 Å². The Kier molecular flexibility index (Phi) is 4.63. The first kappa shape index (κ1) is 18.9.